The molecular formula is C18H12Cl2N4O3S2. The fourth-order valence-electron chi connectivity index (χ4n) is 2.33. The number of hydrogen-bond acceptors (Lipinski definition) is 6. The Morgan fingerprint density at radius 1 is 1.28 bits per heavy atom. The van der Waals surface area contributed by atoms with Crippen molar-refractivity contribution in [3.63, 3.8) is 0 Å². The van der Waals surface area contributed by atoms with Gasteiger partial charge in [0.2, 0.25) is 5.91 Å². The van der Waals surface area contributed by atoms with Crippen LogP contribution in [0.3, 0.4) is 0 Å². The van der Waals surface area contributed by atoms with E-state index in [1.165, 1.54) is 35.6 Å². The Labute approximate surface area is 184 Å². The molecule has 1 heterocycles. The van der Waals surface area contributed by atoms with Crippen LogP contribution in [0, 0.1) is 17.0 Å². The summed E-state index contributed by atoms with van der Waals surface area (Å²) in [6, 6.07) is 7.92. The average molecular weight is 467 g/mol. The van der Waals surface area contributed by atoms with Crippen LogP contribution in [0.2, 0.25) is 10.0 Å². The number of anilines is 1. The van der Waals surface area contributed by atoms with Gasteiger partial charge in [-0.15, -0.1) is 0 Å². The van der Waals surface area contributed by atoms with Crippen molar-refractivity contribution in [1.29, 1.82) is 0 Å². The number of aromatic nitrogens is 1. The van der Waals surface area contributed by atoms with E-state index in [1.54, 1.807) is 12.1 Å². The van der Waals surface area contributed by atoms with E-state index in [0.717, 1.165) is 15.8 Å². The maximum Gasteiger partial charge on any atom is 0.288 e. The molecule has 0 radical (unpaired) electrons. The summed E-state index contributed by atoms with van der Waals surface area (Å²) >= 11 is 18.4. The number of rotatable bonds is 4. The van der Waals surface area contributed by atoms with Gasteiger partial charge in [-0.05, 0) is 54.5 Å². The van der Waals surface area contributed by atoms with E-state index in [4.69, 9.17) is 35.4 Å². The second kappa shape index (κ2) is 8.83. The number of hydrogen-bond donors (Lipinski definition) is 2. The number of nitrogens with one attached hydrogen (secondary N) is 2. The molecule has 0 unspecified atom stereocenters. The molecular weight excluding hydrogens is 455 g/mol. The van der Waals surface area contributed by atoms with Crippen molar-refractivity contribution in [2.45, 2.75) is 6.92 Å². The molecule has 148 valence electrons. The molecule has 0 atom stereocenters. The van der Waals surface area contributed by atoms with Crippen LogP contribution in [0.5, 0.6) is 0 Å². The highest BCUT2D eigenvalue weighted by molar-refractivity contribution is 7.80. The maximum absolute atomic E-state index is 12.0. The Bertz CT molecular complexity index is 1140. The minimum absolute atomic E-state index is 0.0225. The van der Waals surface area contributed by atoms with E-state index in [2.05, 4.69) is 15.6 Å². The lowest BCUT2D eigenvalue weighted by Crippen LogP contribution is -2.32. The molecule has 3 rings (SSSR count). The van der Waals surface area contributed by atoms with Gasteiger partial charge in [-0.2, -0.15) is 0 Å². The number of thiocarbonyl (C=S) groups is 1. The number of aryl methyl sites for hydroxylation is 1. The molecule has 0 fully saturated rings. The van der Waals surface area contributed by atoms with Crippen LogP contribution in [-0.4, -0.2) is 20.9 Å². The van der Waals surface area contributed by atoms with Crippen molar-refractivity contribution in [3.05, 3.63) is 67.7 Å². The summed E-state index contributed by atoms with van der Waals surface area (Å²) in [5, 5.41) is 17.5. The summed E-state index contributed by atoms with van der Waals surface area (Å²) in [5.41, 5.74) is 1.88. The number of halogens is 2. The summed E-state index contributed by atoms with van der Waals surface area (Å²) in [6.07, 6.45) is 2.63. The molecule has 0 saturated heterocycles. The number of nitro groups is 1. The van der Waals surface area contributed by atoms with E-state index < -0.39 is 10.8 Å². The minimum Gasteiger partial charge on any atom is -0.308 e. The van der Waals surface area contributed by atoms with Gasteiger partial charge in [-0.1, -0.05) is 40.6 Å². The zero-order valence-corrected chi connectivity index (χ0v) is 17.9. The average Bonchev–Trinajstić information content (AvgIpc) is 3.01. The normalized spacial score (nSPS) is 11.0. The Morgan fingerprint density at radius 2 is 2.03 bits per heavy atom. The third kappa shape index (κ3) is 5.27. The highest BCUT2D eigenvalue weighted by Crippen LogP contribution is 2.30. The van der Waals surface area contributed by atoms with E-state index >= 15 is 0 Å². The van der Waals surface area contributed by atoms with Gasteiger partial charge in [0.1, 0.15) is 5.02 Å². The van der Waals surface area contributed by atoms with Gasteiger partial charge >= 0.3 is 0 Å². The van der Waals surface area contributed by atoms with Crippen molar-refractivity contribution in [2.75, 3.05) is 5.32 Å². The molecule has 7 nitrogen and oxygen atoms in total. The summed E-state index contributed by atoms with van der Waals surface area (Å²) < 4.78 is 0.938. The molecule has 0 aliphatic rings. The fourth-order valence-corrected chi connectivity index (χ4v) is 3.89. The molecule has 0 spiro atoms. The van der Waals surface area contributed by atoms with Crippen LogP contribution < -0.4 is 10.6 Å². The topological polar surface area (TPSA) is 97.2 Å². The van der Waals surface area contributed by atoms with Crippen LogP contribution >= 0.6 is 46.8 Å². The molecule has 29 heavy (non-hydrogen) atoms. The predicted octanol–water partition coefficient (Wildman–Crippen LogP) is 5.35. The number of fused-ring (bicyclic) bond motifs is 1. The van der Waals surface area contributed by atoms with Crippen molar-refractivity contribution in [1.82, 2.24) is 10.3 Å². The van der Waals surface area contributed by atoms with E-state index in [9.17, 15) is 14.9 Å². The molecule has 0 bridgehead atoms. The molecule has 2 N–H and O–H groups in total. The number of thiazole rings is 1. The Hall–Kier alpha value is -2.59. The molecule has 0 aliphatic heterocycles. The number of nitro benzene ring substituents is 1. The maximum atomic E-state index is 12.0. The summed E-state index contributed by atoms with van der Waals surface area (Å²) in [4.78, 5) is 26.7. The molecule has 11 heteroatoms. The van der Waals surface area contributed by atoms with Gasteiger partial charge in [0, 0.05) is 17.2 Å². The quantitative estimate of drug-likeness (QED) is 0.233. The lowest BCUT2D eigenvalue weighted by molar-refractivity contribution is -0.384. The third-order valence-electron chi connectivity index (χ3n) is 3.72. The molecule has 0 saturated carbocycles. The van der Waals surface area contributed by atoms with Gasteiger partial charge in [-0.25, -0.2) is 4.98 Å². The zero-order chi connectivity index (χ0) is 21.1. The Kier molecular flexibility index (Phi) is 6.43. The summed E-state index contributed by atoms with van der Waals surface area (Å²) in [6.45, 7) is 1.90. The van der Waals surface area contributed by atoms with Gasteiger partial charge in [0.05, 0.1) is 15.1 Å². The first-order valence-electron chi connectivity index (χ1n) is 8.03. The van der Waals surface area contributed by atoms with Gasteiger partial charge in [0.25, 0.3) is 5.69 Å². The highest BCUT2D eigenvalue weighted by atomic mass is 35.5. The van der Waals surface area contributed by atoms with Crippen LogP contribution in [0.15, 0.2) is 36.4 Å². The minimum atomic E-state index is -0.592. The standard InChI is InChI=1S/C18H12Cl2N4O3S2/c1-9-6-15-13(8-12(9)20)21-18(29-15)23-17(28)22-16(25)5-3-10-2-4-11(19)14(7-10)24(26)27/h2-8H,1H3,(H2,21,22,23,25,28)/b5-3+. The van der Waals surface area contributed by atoms with Gasteiger partial charge in [0.15, 0.2) is 10.2 Å². The summed E-state index contributed by atoms with van der Waals surface area (Å²) in [7, 11) is 0. The first-order valence-corrected chi connectivity index (χ1v) is 10.0. The van der Waals surface area contributed by atoms with Crippen LogP contribution in [0.4, 0.5) is 10.8 Å². The molecule has 0 aliphatic carbocycles. The lowest BCUT2D eigenvalue weighted by Gasteiger charge is -2.04. The lowest BCUT2D eigenvalue weighted by atomic mass is 10.2. The van der Waals surface area contributed by atoms with E-state index in [1.807, 2.05) is 13.0 Å². The van der Waals surface area contributed by atoms with Crippen LogP contribution in [-0.2, 0) is 4.79 Å². The molecule has 3 aromatic rings. The van der Waals surface area contributed by atoms with Crippen molar-refractivity contribution in [3.8, 4) is 0 Å². The Morgan fingerprint density at radius 3 is 2.76 bits per heavy atom. The molecule has 1 aromatic heterocycles. The van der Waals surface area contributed by atoms with Crippen molar-refractivity contribution in [2.24, 2.45) is 0 Å². The number of carbonyl (C=O) groups excluding carboxylic acids is 1. The van der Waals surface area contributed by atoms with Crippen LogP contribution in [0.25, 0.3) is 16.3 Å². The zero-order valence-electron chi connectivity index (χ0n) is 14.7. The van der Waals surface area contributed by atoms with Crippen LogP contribution in [0.1, 0.15) is 11.1 Å². The number of carbonyl (C=O) groups is 1. The molecule has 2 aromatic carbocycles. The summed E-state index contributed by atoms with van der Waals surface area (Å²) in [5.74, 6) is -0.500. The highest BCUT2D eigenvalue weighted by Gasteiger charge is 2.12. The van der Waals surface area contributed by atoms with Crippen molar-refractivity contribution < 1.29 is 9.72 Å². The molecule has 1 amide bonds. The first kappa shape index (κ1) is 21.1. The number of amides is 1. The second-order valence-electron chi connectivity index (χ2n) is 5.83. The van der Waals surface area contributed by atoms with E-state index in [-0.39, 0.29) is 15.8 Å². The number of benzene rings is 2. The second-order valence-corrected chi connectivity index (χ2v) is 8.09. The predicted molar refractivity (Wildman–Crippen MR) is 121 cm³/mol. The SMILES string of the molecule is Cc1cc2sc(NC(=S)NC(=O)/C=C/c3ccc(Cl)c([N+](=O)[O-])c3)nc2cc1Cl. The largest absolute Gasteiger partial charge is 0.308 e. The van der Waals surface area contributed by atoms with E-state index in [0.29, 0.717) is 15.7 Å². The monoisotopic (exact) mass is 466 g/mol. The number of nitrogens with zero attached hydrogens (tertiary/aromatic N) is 2. The smallest absolute Gasteiger partial charge is 0.288 e. The van der Waals surface area contributed by atoms with Gasteiger partial charge in [-0.3, -0.25) is 20.2 Å². The first-order chi connectivity index (χ1) is 13.7. The third-order valence-corrected chi connectivity index (χ3v) is 5.58. The fraction of sp³-hybridized carbons (Fsp3) is 0.0556. The Balaban J connectivity index is 1.63. The van der Waals surface area contributed by atoms with Crippen molar-refractivity contribution >= 4 is 84.9 Å². The van der Waals surface area contributed by atoms with Gasteiger partial charge < -0.3 is 5.32 Å².